The molecule has 0 fully saturated rings. The van der Waals surface area contributed by atoms with Crippen LogP contribution in [0.1, 0.15) is 414 Å². The number of carbonyl (C=O) groups is 2. The Morgan fingerprint density at radius 1 is 0.286 bits per heavy atom. The van der Waals surface area contributed by atoms with E-state index in [2.05, 4.69) is 31.4 Å². The Balaban J connectivity index is 2.28. The van der Waals surface area contributed by atoms with Crippen molar-refractivity contribution in [2.24, 2.45) is 0 Å². The number of carbonyl (C=O) groups excluding carboxylic acids is 2. The van der Waals surface area contributed by atoms with E-state index in [1.54, 1.807) is 0 Å². The molecule has 0 aliphatic rings. The van der Waals surface area contributed by atoms with Crippen molar-refractivity contribution in [3.8, 4) is 5.75 Å². The summed E-state index contributed by atoms with van der Waals surface area (Å²) in [5.41, 5.74) is 1.13. The molecule has 1 aromatic rings. The zero-order valence-corrected chi connectivity index (χ0v) is 52.6. The van der Waals surface area contributed by atoms with Crippen LogP contribution in [-0.4, -0.2) is 31.5 Å². The zero-order valence-electron chi connectivity index (χ0n) is 52.6. The van der Waals surface area contributed by atoms with Gasteiger partial charge in [0.2, 0.25) is 0 Å². The molecule has 5 nitrogen and oxygen atoms in total. The second-order valence-electron chi connectivity index (χ2n) is 24.5. The molecular weight excluding hydrogens is 941 g/mol. The summed E-state index contributed by atoms with van der Waals surface area (Å²) >= 11 is 0. The number of benzene rings is 1. The molecule has 1 aromatic carbocycles. The van der Waals surface area contributed by atoms with Gasteiger partial charge >= 0.3 is 0 Å². The Morgan fingerprint density at radius 2 is 0.506 bits per heavy atom. The van der Waals surface area contributed by atoms with Crippen molar-refractivity contribution >= 4 is 11.8 Å². The fourth-order valence-electron chi connectivity index (χ4n) is 11.5. The fraction of sp³-hybridized carbons (Fsp3) is 0.889. The molecule has 0 aliphatic carbocycles. The number of ether oxygens (including phenoxy) is 1. The van der Waals surface area contributed by atoms with Gasteiger partial charge in [-0.2, -0.15) is 0 Å². The van der Waals surface area contributed by atoms with Crippen LogP contribution in [0.5, 0.6) is 5.75 Å². The van der Waals surface area contributed by atoms with E-state index in [9.17, 15) is 9.59 Å². The predicted molar refractivity (Wildman–Crippen MR) is 341 cm³/mol. The minimum Gasteiger partial charge on any atom is -0.493 e. The Labute approximate surface area is 482 Å². The van der Waals surface area contributed by atoms with Gasteiger partial charge in [-0.1, -0.05) is 374 Å². The normalized spacial score (nSPS) is 11.5. The highest BCUT2D eigenvalue weighted by Crippen LogP contribution is 2.23. The van der Waals surface area contributed by atoms with Crippen molar-refractivity contribution in [3.05, 3.63) is 29.3 Å². The smallest absolute Gasteiger partial charge is 0.255 e. The third-order valence-corrected chi connectivity index (χ3v) is 16.9. The first kappa shape index (κ1) is 73.0. The minimum atomic E-state index is -0.0915. The van der Waals surface area contributed by atoms with Crippen molar-refractivity contribution in [2.75, 3.05) is 19.7 Å². The van der Waals surface area contributed by atoms with Crippen molar-refractivity contribution < 1.29 is 14.3 Å². The van der Waals surface area contributed by atoms with Gasteiger partial charge in [0.05, 0.1) is 12.2 Å². The van der Waals surface area contributed by atoms with E-state index >= 15 is 0 Å². The lowest BCUT2D eigenvalue weighted by atomic mass is 10.0. The average Bonchev–Trinajstić information content (AvgIpc) is 3.44. The Hall–Kier alpha value is -2.04. The van der Waals surface area contributed by atoms with Crippen molar-refractivity contribution in [1.29, 1.82) is 0 Å². The molecule has 0 radical (unpaired) electrons. The Morgan fingerprint density at radius 3 is 0.766 bits per heavy atom. The summed E-state index contributed by atoms with van der Waals surface area (Å²) < 4.78 is 6.32. The first-order valence-electron chi connectivity index (χ1n) is 35.5. The van der Waals surface area contributed by atoms with Crippen molar-refractivity contribution in [1.82, 2.24) is 10.6 Å². The van der Waals surface area contributed by atoms with Gasteiger partial charge in [-0.3, -0.25) is 9.59 Å². The molecule has 0 spiro atoms. The number of hydrogen-bond acceptors (Lipinski definition) is 3. The van der Waals surface area contributed by atoms with E-state index in [0.29, 0.717) is 36.6 Å². The van der Waals surface area contributed by atoms with Gasteiger partial charge in [0.25, 0.3) is 11.8 Å². The predicted octanol–water partition coefficient (Wildman–Crippen LogP) is 24.2. The van der Waals surface area contributed by atoms with E-state index in [-0.39, 0.29) is 11.8 Å². The van der Waals surface area contributed by atoms with Crippen LogP contribution in [-0.2, 0) is 0 Å². The SMILES string of the molecule is CCCCCCCCCCCCCCCCCCCCCCCCNC(=O)c1ccc(C(=O)NCCCCCCCCCCCCCCCCCCCCCCCC)c(OCCCCCCCCCCCCCCCC)c1. The number of hydrogen-bond donors (Lipinski definition) is 2. The van der Waals surface area contributed by atoms with Crippen LogP contribution in [0.2, 0.25) is 0 Å². The summed E-state index contributed by atoms with van der Waals surface area (Å²) in [6, 6.07) is 5.43. The fourth-order valence-corrected chi connectivity index (χ4v) is 11.5. The summed E-state index contributed by atoms with van der Waals surface area (Å²) in [6.07, 6.45) is 79.1. The number of nitrogens with one attached hydrogen (secondary N) is 2. The first-order chi connectivity index (χ1) is 38.1. The first-order valence-corrected chi connectivity index (χ1v) is 35.5. The lowest BCUT2D eigenvalue weighted by Gasteiger charge is -2.14. The molecule has 2 amide bonds. The summed E-state index contributed by atoms with van der Waals surface area (Å²) in [5, 5.41) is 6.34. The number of rotatable bonds is 64. The lowest BCUT2D eigenvalue weighted by Crippen LogP contribution is -2.26. The highest BCUT2D eigenvalue weighted by atomic mass is 16.5. The molecule has 452 valence electrons. The molecule has 0 unspecified atom stereocenters. The van der Waals surface area contributed by atoms with Crippen LogP contribution in [0, 0.1) is 0 Å². The standard InChI is InChI=1S/C72H136N2O3/c1-4-7-10-13-16-19-22-25-28-30-32-34-36-38-40-42-44-47-50-53-56-59-64-73-71(75)68-62-63-69(70(67-68)77-66-61-58-55-52-49-46-27-24-21-18-15-12-9-6-3)72(76)74-65-60-57-54-51-48-45-43-41-39-37-35-33-31-29-26-23-20-17-14-11-8-5-2/h62-63,67H,4-61,64-66H2,1-3H3,(H,73,75)(H,74,76). The van der Waals surface area contributed by atoms with E-state index in [1.807, 2.05) is 18.2 Å². The Bertz CT molecular complexity index is 1350. The van der Waals surface area contributed by atoms with Crippen LogP contribution in [0.3, 0.4) is 0 Å². The Kier molecular flexibility index (Phi) is 58.4. The van der Waals surface area contributed by atoms with Crippen LogP contribution in [0.15, 0.2) is 18.2 Å². The largest absolute Gasteiger partial charge is 0.493 e. The average molecular weight is 1080 g/mol. The van der Waals surface area contributed by atoms with Crippen molar-refractivity contribution in [2.45, 2.75) is 393 Å². The zero-order chi connectivity index (χ0) is 55.3. The summed E-state index contributed by atoms with van der Waals surface area (Å²) in [7, 11) is 0. The van der Waals surface area contributed by atoms with Crippen LogP contribution >= 0.6 is 0 Å². The maximum Gasteiger partial charge on any atom is 0.255 e. The number of amides is 2. The molecule has 0 bridgehead atoms. The second-order valence-corrected chi connectivity index (χ2v) is 24.5. The van der Waals surface area contributed by atoms with E-state index in [4.69, 9.17) is 4.74 Å². The monoisotopic (exact) mass is 1080 g/mol. The van der Waals surface area contributed by atoms with Gasteiger partial charge in [0, 0.05) is 18.7 Å². The third-order valence-electron chi connectivity index (χ3n) is 16.9. The maximum absolute atomic E-state index is 13.5. The topological polar surface area (TPSA) is 67.4 Å². The quantitative estimate of drug-likeness (QED) is 0.0639. The van der Waals surface area contributed by atoms with Gasteiger partial charge in [-0.15, -0.1) is 0 Å². The second kappa shape index (κ2) is 61.6. The lowest BCUT2D eigenvalue weighted by molar-refractivity contribution is 0.0937. The maximum atomic E-state index is 13.5. The van der Waals surface area contributed by atoms with Crippen LogP contribution < -0.4 is 15.4 Å². The summed E-state index contributed by atoms with van der Waals surface area (Å²) in [6.45, 7) is 8.83. The van der Waals surface area contributed by atoms with Crippen LogP contribution in [0.25, 0.3) is 0 Å². The third kappa shape index (κ3) is 51.8. The molecular formula is C72H136N2O3. The summed E-state index contributed by atoms with van der Waals surface area (Å²) in [4.78, 5) is 26.8. The molecule has 77 heavy (non-hydrogen) atoms. The number of unbranched alkanes of at least 4 members (excludes halogenated alkanes) is 55. The molecule has 0 saturated carbocycles. The molecule has 0 aromatic heterocycles. The van der Waals surface area contributed by atoms with Gasteiger partial charge in [-0.05, 0) is 37.5 Å². The van der Waals surface area contributed by atoms with Gasteiger partial charge in [0.15, 0.2) is 0 Å². The van der Waals surface area contributed by atoms with E-state index in [0.717, 1.165) is 38.5 Å². The molecule has 1 rings (SSSR count). The van der Waals surface area contributed by atoms with Gasteiger partial charge in [-0.25, -0.2) is 0 Å². The molecule has 5 heteroatoms. The highest BCUT2D eigenvalue weighted by molar-refractivity contribution is 6.00. The summed E-state index contributed by atoms with van der Waals surface area (Å²) in [5.74, 6) is 0.381. The van der Waals surface area contributed by atoms with Crippen LogP contribution in [0.4, 0.5) is 0 Å². The van der Waals surface area contributed by atoms with E-state index < -0.39 is 0 Å². The molecule has 0 saturated heterocycles. The molecule has 2 N–H and O–H groups in total. The molecule has 0 aliphatic heterocycles. The molecule has 0 heterocycles. The van der Waals surface area contributed by atoms with Crippen molar-refractivity contribution in [3.63, 3.8) is 0 Å². The molecule has 0 atom stereocenters. The minimum absolute atomic E-state index is 0.0726. The van der Waals surface area contributed by atoms with Gasteiger partial charge in [0.1, 0.15) is 5.75 Å². The van der Waals surface area contributed by atoms with Gasteiger partial charge < -0.3 is 15.4 Å². The van der Waals surface area contributed by atoms with E-state index in [1.165, 1.54) is 334 Å². The highest BCUT2D eigenvalue weighted by Gasteiger charge is 2.16.